The molecule has 13 aromatic rings. The van der Waals surface area contributed by atoms with E-state index in [4.69, 9.17) is 0 Å². The molecule has 0 bridgehead atoms. The third-order valence-electron chi connectivity index (χ3n) is 14.2. The van der Waals surface area contributed by atoms with E-state index < -0.39 is 8.07 Å². The summed E-state index contributed by atoms with van der Waals surface area (Å²) in [5.41, 5.74) is 11.6. The number of nitrogens with zero attached hydrogens (tertiary/aromatic N) is 2. The van der Waals surface area contributed by atoms with Crippen LogP contribution in [0.1, 0.15) is 0 Å². The van der Waals surface area contributed by atoms with Gasteiger partial charge >= 0.3 is 0 Å². The minimum Gasteiger partial charge on any atom is -0.311 e. The minimum atomic E-state index is -2.71. The van der Waals surface area contributed by atoms with Crippen LogP contribution >= 0.6 is 11.3 Å². The molecule has 2 heterocycles. The van der Waals surface area contributed by atoms with E-state index in [0.717, 1.165) is 22.7 Å². The fraction of sp³-hybridized carbons (Fsp3) is 0. The second-order valence-electron chi connectivity index (χ2n) is 18.1. The molecule has 0 spiro atoms. The zero-order valence-corrected chi connectivity index (χ0v) is 40.2. The van der Waals surface area contributed by atoms with Gasteiger partial charge < -0.3 is 9.47 Å². The summed E-state index contributed by atoms with van der Waals surface area (Å²) in [6.07, 6.45) is 0. The zero-order valence-electron chi connectivity index (χ0n) is 38.4. The monoisotopic (exact) mass is 926 g/mol. The van der Waals surface area contributed by atoms with E-state index in [2.05, 4.69) is 289 Å². The summed E-state index contributed by atoms with van der Waals surface area (Å²) in [4.78, 5) is 2.40. The van der Waals surface area contributed by atoms with E-state index in [1.807, 2.05) is 11.3 Å². The number of hydrogen-bond donors (Lipinski definition) is 0. The average molecular weight is 927 g/mol. The highest BCUT2D eigenvalue weighted by atomic mass is 32.1. The fourth-order valence-electron chi connectivity index (χ4n) is 10.9. The van der Waals surface area contributed by atoms with Crippen LogP contribution in [0.2, 0.25) is 0 Å². The Morgan fingerprint density at radius 1 is 0.286 bits per heavy atom. The van der Waals surface area contributed by atoms with Gasteiger partial charge in [0.1, 0.15) is 0 Å². The van der Waals surface area contributed by atoms with Gasteiger partial charge in [-0.3, -0.25) is 0 Å². The first-order valence-electron chi connectivity index (χ1n) is 24.0. The van der Waals surface area contributed by atoms with Crippen molar-refractivity contribution in [3.05, 3.63) is 279 Å². The van der Waals surface area contributed by atoms with Crippen molar-refractivity contribution in [2.45, 2.75) is 0 Å². The average Bonchev–Trinajstić information content (AvgIpc) is 3.98. The van der Waals surface area contributed by atoms with E-state index in [1.165, 1.54) is 85.0 Å². The Bertz CT molecular complexity index is 3860. The third-order valence-corrected chi connectivity index (χ3v) is 20.1. The highest BCUT2D eigenvalue weighted by Crippen LogP contribution is 2.40. The predicted octanol–water partition coefficient (Wildman–Crippen LogP) is 15.3. The van der Waals surface area contributed by atoms with Crippen LogP contribution in [0.4, 0.5) is 17.1 Å². The van der Waals surface area contributed by atoms with Crippen molar-refractivity contribution in [1.29, 1.82) is 0 Å². The number of anilines is 3. The lowest BCUT2D eigenvalue weighted by atomic mass is 10.0. The van der Waals surface area contributed by atoms with Crippen LogP contribution < -0.4 is 25.6 Å². The summed E-state index contributed by atoms with van der Waals surface area (Å²) in [6.45, 7) is 0. The SMILES string of the molecule is c1ccc(-n2c3ccccc3c3ccc(-c4ccc(N(c5ccc(-c6ccc7c(c6)sc6ccccc67)cc5)c5ccc([Si](c6ccccc6)(c6ccccc6)c6ccccc6)cc5)cc4)cc32)cc1. The Labute approximate surface area is 413 Å². The molecule has 0 radical (unpaired) electrons. The first-order valence-corrected chi connectivity index (χ1v) is 26.8. The lowest BCUT2D eigenvalue weighted by Gasteiger charge is -2.35. The van der Waals surface area contributed by atoms with Crippen LogP contribution in [0.3, 0.4) is 0 Å². The molecule has 0 saturated heterocycles. The molecule has 4 heteroatoms. The number of thiophene rings is 1. The molecular weight excluding hydrogens is 881 g/mol. The van der Waals surface area contributed by atoms with Crippen molar-refractivity contribution in [2.24, 2.45) is 0 Å². The normalized spacial score (nSPS) is 11.7. The Kier molecular flexibility index (Phi) is 10.4. The molecule has 70 heavy (non-hydrogen) atoms. The Morgan fingerprint density at radius 3 is 1.26 bits per heavy atom. The molecule has 2 nitrogen and oxygen atoms in total. The molecule has 0 saturated carbocycles. The Balaban J connectivity index is 0.926. The summed E-state index contributed by atoms with van der Waals surface area (Å²) in [7, 11) is -2.71. The standard InChI is InChI=1S/C66H46N2SSi/c1-5-17-51(18-6-1)68-63-27-15-13-25-59(63)60-43-33-49(45-64(60)68)47-29-35-52(36-30-47)67(53-37-31-48(32-38-53)50-34-44-62-61-26-14-16-28-65(61)69-66(62)46-50)54-39-41-58(42-40-54)70(55-19-7-2-8-20-55,56-21-9-3-10-22-56)57-23-11-4-12-24-57/h1-46H. The second kappa shape index (κ2) is 17.5. The van der Waals surface area contributed by atoms with Gasteiger partial charge in [-0.2, -0.15) is 0 Å². The molecule has 2 aromatic heterocycles. The fourth-order valence-corrected chi connectivity index (χ4v) is 16.8. The molecule has 0 aliphatic carbocycles. The maximum atomic E-state index is 2.40. The smallest absolute Gasteiger partial charge is 0.179 e. The van der Waals surface area contributed by atoms with E-state index in [0.29, 0.717) is 0 Å². The van der Waals surface area contributed by atoms with Crippen molar-refractivity contribution in [3.63, 3.8) is 0 Å². The van der Waals surface area contributed by atoms with Gasteiger partial charge in [0.25, 0.3) is 0 Å². The molecule has 13 rings (SSSR count). The van der Waals surface area contributed by atoms with Crippen LogP contribution in [0.15, 0.2) is 279 Å². The van der Waals surface area contributed by atoms with Gasteiger partial charge in [-0.25, -0.2) is 0 Å². The van der Waals surface area contributed by atoms with Crippen LogP contribution in [-0.4, -0.2) is 12.6 Å². The largest absolute Gasteiger partial charge is 0.311 e. The van der Waals surface area contributed by atoms with Gasteiger partial charge in [0.2, 0.25) is 0 Å². The number of hydrogen-bond acceptors (Lipinski definition) is 2. The van der Waals surface area contributed by atoms with Crippen LogP contribution in [0.25, 0.3) is 69.9 Å². The first kappa shape index (κ1) is 41.6. The van der Waals surface area contributed by atoms with Crippen molar-refractivity contribution in [1.82, 2.24) is 4.57 Å². The first-order chi connectivity index (χ1) is 34.7. The van der Waals surface area contributed by atoms with Crippen molar-refractivity contribution < 1.29 is 0 Å². The highest BCUT2D eigenvalue weighted by Gasteiger charge is 2.41. The summed E-state index contributed by atoms with van der Waals surface area (Å²) in [6, 6.07) is 103. The van der Waals surface area contributed by atoms with Gasteiger partial charge in [-0.1, -0.05) is 206 Å². The van der Waals surface area contributed by atoms with E-state index in [9.17, 15) is 0 Å². The number of benzene rings is 11. The van der Waals surface area contributed by atoms with Gasteiger partial charge in [0.15, 0.2) is 8.07 Å². The number of rotatable bonds is 10. The van der Waals surface area contributed by atoms with Crippen LogP contribution in [0, 0.1) is 0 Å². The van der Waals surface area contributed by atoms with Gasteiger partial charge in [-0.15, -0.1) is 11.3 Å². The number of aromatic nitrogens is 1. The summed E-state index contributed by atoms with van der Waals surface area (Å²) < 4.78 is 5.03. The van der Waals surface area contributed by atoms with Crippen LogP contribution in [-0.2, 0) is 0 Å². The molecule has 0 aliphatic rings. The molecule has 0 unspecified atom stereocenters. The lowest BCUT2D eigenvalue weighted by Crippen LogP contribution is -2.74. The van der Waals surface area contributed by atoms with Gasteiger partial charge in [-0.05, 0) is 116 Å². The van der Waals surface area contributed by atoms with E-state index in [-0.39, 0.29) is 0 Å². The number of para-hydroxylation sites is 2. The van der Waals surface area contributed by atoms with Crippen molar-refractivity contribution in [3.8, 4) is 27.9 Å². The zero-order chi connectivity index (χ0) is 46.4. The summed E-state index contributed by atoms with van der Waals surface area (Å²) in [5, 5.41) is 10.6. The quantitative estimate of drug-likeness (QED) is 0.0980. The maximum absolute atomic E-state index is 2.71. The molecule has 0 N–H and O–H groups in total. The van der Waals surface area contributed by atoms with Gasteiger partial charge in [0.05, 0.1) is 11.0 Å². The lowest BCUT2D eigenvalue weighted by molar-refractivity contribution is 1.18. The molecular formula is C66H46N2SSi. The highest BCUT2D eigenvalue weighted by molar-refractivity contribution is 7.25. The maximum Gasteiger partial charge on any atom is 0.179 e. The van der Waals surface area contributed by atoms with Crippen LogP contribution in [0.5, 0.6) is 0 Å². The molecule has 0 aliphatic heterocycles. The van der Waals surface area contributed by atoms with Gasteiger partial charge in [0, 0.05) is 53.7 Å². The molecule has 0 atom stereocenters. The summed E-state index contributed by atoms with van der Waals surface area (Å²) >= 11 is 1.86. The topological polar surface area (TPSA) is 8.17 Å². The molecule has 11 aromatic carbocycles. The Hall–Kier alpha value is -8.54. The van der Waals surface area contributed by atoms with E-state index in [1.54, 1.807) is 0 Å². The Morgan fingerprint density at radius 2 is 0.686 bits per heavy atom. The molecule has 330 valence electrons. The van der Waals surface area contributed by atoms with Crippen molar-refractivity contribution >= 4 is 99.2 Å². The summed E-state index contributed by atoms with van der Waals surface area (Å²) in [5.74, 6) is 0. The molecule has 0 fully saturated rings. The minimum absolute atomic E-state index is 1.09. The number of fused-ring (bicyclic) bond motifs is 6. The predicted molar refractivity (Wildman–Crippen MR) is 303 cm³/mol. The second-order valence-corrected chi connectivity index (χ2v) is 22.9. The van der Waals surface area contributed by atoms with E-state index >= 15 is 0 Å². The third kappa shape index (κ3) is 7.08. The van der Waals surface area contributed by atoms with Crippen molar-refractivity contribution in [2.75, 3.05) is 4.90 Å². The molecule has 0 amide bonds.